The predicted molar refractivity (Wildman–Crippen MR) is 92.5 cm³/mol. The van der Waals surface area contributed by atoms with E-state index in [2.05, 4.69) is 61.1 Å². The van der Waals surface area contributed by atoms with Gasteiger partial charge < -0.3 is 15.2 Å². The first kappa shape index (κ1) is 16.6. The number of amides is 1. The van der Waals surface area contributed by atoms with Gasteiger partial charge >= 0.3 is 0 Å². The van der Waals surface area contributed by atoms with Crippen LogP contribution >= 0.6 is 0 Å². The van der Waals surface area contributed by atoms with Crippen LogP contribution in [0.1, 0.15) is 43.7 Å². The van der Waals surface area contributed by atoms with Crippen molar-refractivity contribution in [2.24, 2.45) is 0 Å². The number of H-pyrrole nitrogens is 1. The van der Waals surface area contributed by atoms with Crippen LogP contribution < -0.4 is 5.32 Å². The number of aromatic amines is 1. The number of aromatic nitrogens is 1. The summed E-state index contributed by atoms with van der Waals surface area (Å²) in [6.07, 6.45) is 0. The number of fused-ring (bicyclic) bond motifs is 1. The van der Waals surface area contributed by atoms with Gasteiger partial charge in [0.15, 0.2) is 0 Å². The Morgan fingerprint density at radius 1 is 1.27 bits per heavy atom. The molecular formula is C18H27N3O. The van der Waals surface area contributed by atoms with Crippen LogP contribution in [0.15, 0.2) is 24.3 Å². The molecule has 1 aromatic carbocycles. The van der Waals surface area contributed by atoms with Crippen molar-refractivity contribution in [3.8, 4) is 0 Å². The molecule has 0 aliphatic rings. The maximum atomic E-state index is 12.3. The van der Waals surface area contributed by atoms with E-state index in [4.69, 9.17) is 0 Å². The van der Waals surface area contributed by atoms with Gasteiger partial charge in [-0.3, -0.25) is 4.79 Å². The SMILES string of the molecule is CC(CNC(=O)c1cc2ccc(C(C)(C)C)cc2[nH]1)N(C)C. The van der Waals surface area contributed by atoms with Crippen LogP contribution in [0.3, 0.4) is 0 Å². The summed E-state index contributed by atoms with van der Waals surface area (Å²) in [6.45, 7) is 9.28. The maximum Gasteiger partial charge on any atom is 0.267 e. The van der Waals surface area contributed by atoms with E-state index in [0.29, 0.717) is 18.3 Å². The summed E-state index contributed by atoms with van der Waals surface area (Å²) in [4.78, 5) is 17.6. The molecular weight excluding hydrogens is 274 g/mol. The molecule has 0 aliphatic heterocycles. The minimum absolute atomic E-state index is 0.0535. The van der Waals surface area contributed by atoms with Gasteiger partial charge in [-0.25, -0.2) is 0 Å². The van der Waals surface area contributed by atoms with Gasteiger partial charge in [-0.2, -0.15) is 0 Å². The fraction of sp³-hybridized carbons (Fsp3) is 0.500. The monoisotopic (exact) mass is 301 g/mol. The minimum Gasteiger partial charge on any atom is -0.351 e. The fourth-order valence-electron chi connectivity index (χ4n) is 2.23. The Hall–Kier alpha value is -1.81. The standard InChI is InChI=1S/C18H27N3O/c1-12(21(5)6)11-19-17(22)16-9-13-7-8-14(18(2,3)4)10-15(13)20-16/h7-10,12,20H,11H2,1-6H3,(H,19,22). The summed E-state index contributed by atoms with van der Waals surface area (Å²) in [5.74, 6) is -0.0535. The summed E-state index contributed by atoms with van der Waals surface area (Å²) in [7, 11) is 4.02. The van der Waals surface area contributed by atoms with Gasteiger partial charge in [0, 0.05) is 23.5 Å². The van der Waals surface area contributed by atoms with Crippen LogP contribution in [0.5, 0.6) is 0 Å². The number of nitrogens with one attached hydrogen (secondary N) is 2. The third kappa shape index (κ3) is 3.69. The first-order chi connectivity index (χ1) is 10.2. The lowest BCUT2D eigenvalue weighted by Gasteiger charge is -2.19. The highest BCUT2D eigenvalue weighted by molar-refractivity contribution is 5.98. The molecule has 22 heavy (non-hydrogen) atoms. The number of nitrogens with zero attached hydrogens (tertiary/aromatic N) is 1. The third-order valence-corrected chi connectivity index (χ3v) is 4.17. The highest BCUT2D eigenvalue weighted by Gasteiger charge is 2.16. The van der Waals surface area contributed by atoms with E-state index >= 15 is 0 Å². The van der Waals surface area contributed by atoms with Crippen molar-refractivity contribution in [3.05, 3.63) is 35.5 Å². The smallest absolute Gasteiger partial charge is 0.267 e. The number of rotatable bonds is 4. The number of hydrogen-bond acceptors (Lipinski definition) is 2. The van der Waals surface area contributed by atoms with Gasteiger partial charge in [0.1, 0.15) is 5.69 Å². The number of carbonyl (C=O) groups excluding carboxylic acids is 1. The second-order valence-electron chi connectivity index (χ2n) is 7.26. The Balaban J connectivity index is 2.17. The Bertz CT molecular complexity index is 665. The molecule has 120 valence electrons. The normalized spacial score (nSPS) is 13.6. The zero-order valence-electron chi connectivity index (χ0n) is 14.4. The Morgan fingerprint density at radius 3 is 2.55 bits per heavy atom. The molecule has 1 heterocycles. The number of likely N-dealkylation sites (N-methyl/N-ethyl adjacent to an activating group) is 1. The molecule has 4 heteroatoms. The average Bonchev–Trinajstić information content (AvgIpc) is 2.86. The molecule has 2 rings (SSSR count). The molecule has 0 aliphatic carbocycles. The van der Waals surface area contributed by atoms with Crippen molar-refractivity contribution in [3.63, 3.8) is 0 Å². The second-order valence-corrected chi connectivity index (χ2v) is 7.26. The quantitative estimate of drug-likeness (QED) is 0.911. The summed E-state index contributed by atoms with van der Waals surface area (Å²) in [5.41, 5.74) is 2.99. The lowest BCUT2D eigenvalue weighted by atomic mass is 9.87. The fourth-order valence-corrected chi connectivity index (χ4v) is 2.23. The summed E-state index contributed by atoms with van der Waals surface area (Å²) in [6, 6.07) is 8.56. The molecule has 0 radical (unpaired) electrons. The van der Waals surface area contributed by atoms with Crippen molar-refractivity contribution >= 4 is 16.8 Å². The zero-order valence-corrected chi connectivity index (χ0v) is 14.4. The highest BCUT2D eigenvalue weighted by atomic mass is 16.1. The summed E-state index contributed by atoms with van der Waals surface area (Å²) in [5, 5.41) is 4.04. The van der Waals surface area contributed by atoms with Crippen molar-refractivity contribution in [1.29, 1.82) is 0 Å². The van der Waals surface area contributed by atoms with E-state index in [-0.39, 0.29) is 11.3 Å². The van der Waals surface area contributed by atoms with E-state index in [1.807, 2.05) is 20.2 Å². The van der Waals surface area contributed by atoms with Crippen LogP contribution in [0.2, 0.25) is 0 Å². The lowest BCUT2D eigenvalue weighted by molar-refractivity contribution is 0.0939. The molecule has 1 atom stereocenters. The first-order valence-electron chi connectivity index (χ1n) is 7.76. The van der Waals surface area contributed by atoms with Gasteiger partial charge in [-0.1, -0.05) is 32.9 Å². The molecule has 4 nitrogen and oxygen atoms in total. The van der Waals surface area contributed by atoms with Crippen molar-refractivity contribution in [2.45, 2.75) is 39.2 Å². The molecule has 2 N–H and O–H groups in total. The van der Waals surface area contributed by atoms with E-state index in [1.54, 1.807) is 0 Å². The number of carbonyl (C=O) groups is 1. The topological polar surface area (TPSA) is 48.1 Å². The summed E-state index contributed by atoms with van der Waals surface area (Å²) < 4.78 is 0. The number of benzene rings is 1. The molecule has 2 aromatic rings. The second kappa shape index (κ2) is 6.13. The van der Waals surface area contributed by atoms with E-state index in [9.17, 15) is 4.79 Å². The van der Waals surface area contributed by atoms with Gasteiger partial charge in [-0.05, 0) is 44.1 Å². The van der Waals surface area contributed by atoms with E-state index in [1.165, 1.54) is 5.56 Å². The number of hydrogen-bond donors (Lipinski definition) is 2. The highest BCUT2D eigenvalue weighted by Crippen LogP contribution is 2.26. The molecule has 1 unspecified atom stereocenters. The van der Waals surface area contributed by atoms with Gasteiger partial charge in [0.2, 0.25) is 0 Å². The van der Waals surface area contributed by atoms with Gasteiger partial charge in [0.05, 0.1) is 0 Å². The lowest BCUT2D eigenvalue weighted by Crippen LogP contribution is -2.38. The molecule has 1 amide bonds. The zero-order chi connectivity index (χ0) is 16.5. The Kier molecular flexibility index (Phi) is 4.61. The third-order valence-electron chi connectivity index (χ3n) is 4.17. The molecule has 0 saturated heterocycles. The van der Waals surface area contributed by atoms with Crippen LogP contribution in [-0.2, 0) is 5.41 Å². The van der Waals surface area contributed by atoms with Crippen LogP contribution in [0.25, 0.3) is 10.9 Å². The summed E-state index contributed by atoms with van der Waals surface area (Å²) >= 11 is 0. The van der Waals surface area contributed by atoms with Crippen molar-refractivity contribution in [1.82, 2.24) is 15.2 Å². The minimum atomic E-state index is -0.0535. The molecule has 0 saturated carbocycles. The maximum absolute atomic E-state index is 12.3. The van der Waals surface area contributed by atoms with Crippen LogP contribution in [-0.4, -0.2) is 42.5 Å². The van der Waals surface area contributed by atoms with Gasteiger partial charge in [-0.15, -0.1) is 0 Å². The molecule has 0 fully saturated rings. The van der Waals surface area contributed by atoms with E-state index < -0.39 is 0 Å². The van der Waals surface area contributed by atoms with E-state index in [0.717, 1.165) is 10.9 Å². The average molecular weight is 301 g/mol. The van der Waals surface area contributed by atoms with Crippen LogP contribution in [0, 0.1) is 0 Å². The Labute approximate surface area is 132 Å². The largest absolute Gasteiger partial charge is 0.351 e. The molecule has 1 aromatic heterocycles. The first-order valence-corrected chi connectivity index (χ1v) is 7.76. The van der Waals surface area contributed by atoms with Crippen molar-refractivity contribution in [2.75, 3.05) is 20.6 Å². The predicted octanol–water partition coefficient (Wildman–Crippen LogP) is 3.15. The Morgan fingerprint density at radius 2 is 1.95 bits per heavy atom. The van der Waals surface area contributed by atoms with Crippen LogP contribution in [0.4, 0.5) is 0 Å². The molecule has 0 bridgehead atoms. The van der Waals surface area contributed by atoms with Crippen molar-refractivity contribution < 1.29 is 4.79 Å². The molecule has 0 spiro atoms. The van der Waals surface area contributed by atoms with Gasteiger partial charge in [0.25, 0.3) is 5.91 Å².